The largest absolute Gasteiger partial charge is 0.478 e. The van der Waals surface area contributed by atoms with Crippen LogP contribution in [0, 0.1) is 6.92 Å². The lowest BCUT2D eigenvalue weighted by Gasteiger charge is -2.12. The predicted molar refractivity (Wildman–Crippen MR) is 85.0 cm³/mol. The molecule has 3 N–H and O–H groups in total. The molecule has 0 unspecified atom stereocenters. The molecule has 3 aromatic rings. The van der Waals surface area contributed by atoms with E-state index < -0.39 is 16.0 Å². The van der Waals surface area contributed by atoms with Crippen molar-refractivity contribution in [2.24, 2.45) is 0 Å². The van der Waals surface area contributed by atoms with E-state index in [1.807, 2.05) is 0 Å². The van der Waals surface area contributed by atoms with Gasteiger partial charge in [0.1, 0.15) is 10.5 Å². The van der Waals surface area contributed by atoms with Crippen molar-refractivity contribution in [3.8, 4) is 0 Å². The molecular formula is C15H13N3O4S. The molecule has 0 saturated carbocycles. The minimum Gasteiger partial charge on any atom is -0.478 e. The lowest BCUT2D eigenvalue weighted by atomic mass is 10.1. The number of aromatic amines is 1. The quantitative estimate of drug-likeness (QED) is 0.679. The molecule has 0 radical (unpaired) electrons. The maximum atomic E-state index is 12.7. The summed E-state index contributed by atoms with van der Waals surface area (Å²) in [6.07, 6.45) is 2.88. The number of hydrogen-bond acceptors (Lipinski definition) is 4. The number of nitrogens with zero attached hydrogens (tertiary/aromatic N) is 1. The number of pyridine rings is 1. The molecule has 8 heteroatoms. The van der Waals surface area contributed by atoms with Gasteiger partial charge in [0.2, 0.25) is 0 Å². The summed E-state index contributed by atoms with van der Waals surface area (Å²) in [5.41, 5.74) is 0.910. The van der Waals surface area contributed by atoms with Gasteiger partial charge in [-0.1, -0.05) is 12.1 Å². The minimum absolute atomic E-state index is 0.0141. The summed E-state index contributed by atoms with van der Waals surface area (Å²) >= 11 is 0. The topological polar surface area (TPSA) is 112 Å². The van der Waals surface area contributed by atoms with E-state index in [0.29, 0.717) is 16.6 Å². The summed E-state index contributed by atoms with van der Waals surface area (Å²) in [5, 5.41) is 9.67. The van der Waals surface area contributed by atoms with Gasteiger partial charge in [0, 0.05) is 17.8 Å². The smallest absolute Gasteiger partial charge is 0.337 e. The fourth-order valence-corrected chi connectivity index (χ4v) is 3.64. The second-order valence-electron chi connectivity index (χ2n) is 4.96. The van der Waals surface area contributed by atoms with E-state index in [9.17, 15) is 18.3 Å². The summed E-state index contributed by atoms with van der Waals surface area (Å²) < 4.78 is 27.7. The molecule has 0 bridgehead atoms. The van der Waals surface area contributed by atoms with Crippen molar-refractivity contribution in [1.82, 2.24) is 9.97 Å². The number of rotatable bonds is 4. The van der Waals surface area contributed by atoms with E-state index in [2.05, 4.69) is 14.7 Å². The predicted octanol–water partition coefficient (Wildman–Crippen LogP) is 2.37. The Kier molecular flexibility index (Phi) is 3.53. The number of nitrogens with one attached hydrogen (secondary N) is 2. The van der Waals surface area contributed by atoms with Crippen molar-refractivity contribution in [3.05, 3.63) is 53.9 Å². The number of anilines is 1. The van der Waals surface area contributed by atoms with Crippen molar-refractivity contribution in [3.63, 3.8) is 0 Å². The maximum absolute atomic E-state index is 12.7. The van der Waals surface area contributed by atoms with Gasteiger partial charge >= 0.3 is 5.97 Å². The Balaban J connectivity index is 2.11. The van der Waals surface area contributed by atoms with E-state index in [1.165, 1.54) is 12.3 Å². The minimum atomic E-state index is -3.96. The number of carboxylic acid groups (broad SMARTS) is 1. The van der Waals surface area contributed by atoms with Gasteiger partial charge in [0.15, 0.2) is 0 Å². The summed E-state index contributed by atoms with van der Waals surface area (Å²) in [4.78, 5) is 18.2. The van der Waals surface area contributed by atoms with Crippen LogP contribution >= 0.6 is 0 Å². The molecule has 0 amide bonds. The van der Waals surface area contributed by atoms with E-state index in [0.717, 1.165) is 0 Å². The normalized spacial score (nSPS) is 11.5. The maximum Gasteiger partial charge on any atom is 0.337 e. The number of aromatic carboxylic acids is 1. The fourth-order valence-electron chi connectivity index (χ4n) is 2.32. The van der Waals surface area contributed by atoms with Crippen LogP contribution in [0.1, 0.15) is 15.9 Å². The van der Waals surface area contributed by atoms with Crippen LogP contribution in [0.5, 0.6) is 0 Å². The zero-order valence-electron chi connectivity index (χ0n) is 12.1. The molecule has 0 aliphatic rings. The molecular weight excluding hydrogens is 318 g/mol. The molecule has 0 aliphatic heterocycles. The van der Waals surface area contributed by atoms with Crippen LogP contribution in [-0.2, 0) is 10.0 Å². The first kappa shape index (κ1) is 15.0. The number of carbonyl (C=O) groups is 1. The van der Waals surface area contributed by atoms with Gasteiger partial charge in [0.25, 0.3) is 10.0 Å². The number of aryl methyl sites for hydroxylation is 1. The van der Waals surface area contributed by atoms with Crippen LogP contribution in [-0.4, -0.2) is 29.5 Å². The van der Waals surface area contributed by atoms with Crippen LogP contribution in [0.25, 0.3) is 11.0 Å². The lowest BCUT2D eigenvalue weighted by Crippen LogP contribution is -2.16. The van der Waals surface area contributed by atoms with Crippen LogP contribution in [0.15, 0.2) is 47.6 Å². The van der Waals surface area contributed by atoms with Gasteiger partial charge in [-0.2, -0.15) is 0 Å². The molecule has 23 heavy (non-hydrogen) atoms. The Hall–Kier alpha value is -2.87. The first-order valence-corrected chi connectivity index (χ1v) is 8.16. The van der Waals surface area contributed by atoms with Crippen LogP contribution in [0.4, 0.5) is 5.69 Å². The third-order valence-electron chi connectivity index (χ3n) is 3.44. The third kappa shape index (κ3) is 2.64. The lowest BCUT2D eigenvalue weighted by molar-refractivity contribution is 0.0698. The first-order valence-electron chi connectivity index (χ1n) is 6.68. The second-order valence-corrected chi connectivity index (χ2v) is 6.61. The number of carboxylic acids is 1. The number of para-hydroxylation sites is 1. The molecule has 0 atom stereocenters. The van der Waals surface area contributed by atoms with Crippen molar-refractivity contribution in [2.75, 3.05) is 4.72 Å². The summed E-state index contributed by atoms with van der Waals surface area (Å²) in [6.45, 7) is 1.64. The Labute approximate surface area is 132 Å². The number of aromatic nitrogens is 2. The highest BCUT2D eigenvalue weighted by Gasteiger charge is 2.23. The average molecular weight is 331 g/mol. The SMILES string of the molecule is Cc1cccc(C(=O)O)c1NS(=O)(=O)c1c[nH]c2ncccc12. The van der Waals surface area contributed by atoms with Gasteiger partial charge < -0.3 is 10.1 Å². The molecule has 0 fully saturated rings. The van der Waals surface area contributed by atoms with Gasteiger partial charge in [-0.25, -0.2) is 18.2 Å². The van der Waals surface area contributed by atoms with Gasteiger partial charge in [-0.05, 0) is 30.7 Å². The van der Waals surface area contributed by atoms with Crippen LogP contribution < -0.4 is 4.72 Å². The molecule has 1 aromatic carbocycles. The number of benzene rings is 1. The van der Waals surface area contributed by atoms with E-state index >= 15 is 0 Å². The van der Waals surface area contributed by atoms with E-state index in [4.69, 9.17) is 0 Å². The van der Waals surface area contributed by atoms with Gasteiger partial charge in [-0.15, -0.1) is 0 Å². The zero-order valence-corrected chi connectivity index (χ0v) is 12.9. The molecule has 3 rings (SSSR count). The van der Waals surface area contributed by atoms with E-state index in [1.54, 1.807) is 37.4 Å². The Bertz CT molecular complexity index is 1010. The molecule has 118 valence electrons. The highest BCUT2D eigenvalue weighted by atomic mass is 32.2. The molecule has 7 nitrogen and oxygen atoms in total. The monoisotopic (exact) mass is 331 g/mol. The molecule has 0 spiro atoms. The van der Waals surface area contributed by atoms with Crippen molar-refractivity contribution in [1.29, 1.82) is 0 Å². The number of sulfonamides is 1. The number of H-pyrrole nitrogens is 1. The highest BCUT2D eigenvalue weighted by molar-refractivity contribution is 7.93. The molecule has 0 saturated heterocycles. The summed E-state index contributed by atoms with van der Waals surface area (Å²) in [5.74, 6) is -1.20. The van der Waals surface area contributed by atoms with Crippen molar-refractivity contribution < 1.29 is 18.3 Å². The molecule has 2 heterocycles. The molecule has 2 aromatic heterocycles. The first-order chi connectivity index (χ1) is 10.9. The van der Waals surface area contributed by atoms with Gasteiger partial charge in [-0.3, -0.25) is 4.72 Å². The summed E-state index contributed by atoms with van der Waals surface area (Å²) in [7, 11) is -3.96. The van der Waals surface area contributed by atoms with Crippen molar-refractivity contribution >= 4 is 32.7 Å². The zero-order chi connectivity index (χ0) is 16.6. The fraction of sp³-hybridized carbons (Fsp3) is 0.0667. The second kappa shape index (κ2) is 5.40. The van der Waals surface area contributed by atoms with Gasteiger partial charge in [0.05, 0.1) is 11.3 Å². The Morgan fingerprint density at radius 3 is 2.78 bits per heavy atom. The van der Waals surface area contributed by atoms with E-state index in [-0.39, 0.29) is 16.1 Å². The Morgan fingerprint density at radius 1 is 1.26 bits per heavy atom. The standard InChI is InChI=1S/C15H13N3O4S/c1-9-4-2-5-11(15(19)20)13(9)18-23(21,22)12-8-17-14-10(12)6-3-7-16-14/h2-8,18H,1H3,(H,16,17)(H,19,20). The molecule has 0 aliphatic carbocycles. The highest BCUT2D eigenvalue weighted by Crippen LogP contribution is 2.27. The Morgan fingerprint density at radius 2 is 2.04 bits per heavy atom. The summed E-state index contributed by atoms with van der Waals surface area (Å²) in [6, 6.07) is 7.81. The van der Waals surface area contributed by atoms with Crippen LogP contribution in [0.2, 0.25) is 0 Å². The third-order valence-corrected chi connectivity index (χ3v) is 4.83. The number of fused-ring (bicyclic) bond motifs is 1. The van der Waals surface area contributed by atoms with Crippen LogP contribution in [0.3, 0.4) is 0 Å². The number of hydrogen-bond donors (Lipinski definition) is 3. The van der Waals surface area contributed by atoms with Crippen molar-refractivity contribution in [2.45, 2.75) is 11.8 Å². The average Bonchev–Trinajstić information content (AvgIpc) is 2.93.